The minimum absolute atomic E-state index is 0.204. The first-order valence-electron chi connectivity index (χ1n) is 11.9. The van der Waals surface area contributed by atoms with E-state index >= 15 is 0 Å². The first-order valence-corrected chi connectivity index (χ1v) is 16.4. The summed E-state index contributed by atoms with van der Waals surface area (Å²) in [5, 5.41) is 2.79. The van der Waals surface area contributed by atoms with Crippen molar-refractivity contribution in [1.29, 1.82) is 0 Å². The van der Waals surface area contributed by atoms with Crippen LogP contribution in [0.1, 0.15) is 29.9 Å². The molecule has 0 aliphatic carbocycles. The summed E-state index contributed by atoms with van der Waals surface area (Å²) >= 11 is 3.43. The van der Waals surface area contributed by atoms with E-state index in [0.29, 0.717) is 17.8 Å². The Morgan fingerprint density at radius 3 is 2.39 bits per heavy atom. The molecule has 36 heavy (non-hydrogen) atoms. The van der Waals surface area contributed by atoms with E-state index in [0.717, 1.165) is 41.4 Å². The molecule has 1 N–H and O–H groups in total. The number of hydrogen-bond donors (Lipinski definition) is 1. The zero-order valence-electron chi connectivity index (χ0n) is 21.5. The number of pyridine rings is 1. The molecule has 1 aromatic carbocycles. The van der Waals surface area contributed by atoms with Crippen molar-refractivity contribution in [2.45, 2.75) is 57.8 Å². The standard InChI is InChI=1S/C25H34BrF3N4O2Si/c1-16-14-33(15-17(2)32(16)3)22-8-7-19(26)13-20(22)31-24(34)21-11-18(25(27,28)29)12-23(30-21)35-9-10-36(4,5)6/h7-8,11-13,16-17H,9-10,14-15H2,1-6H3,(H,31,34)/t16-,17+. The van der Waals surface area contributed by atoms with Gasteiger partial charge in [0.1, 0.15) is 5.69 Å². The van der Waals surface area contributed by atoms with E-state index in [-0.39, 0.29) is 18.2 Å². The van der Waals surface area contributed by atoms with Gasteiger partial charge in [-0.2, -0.15) is 13.2 Å². The van der Waals surface area contributed by atoms with Gasteiger partial charge in [0, 0.05) is 43.8 Å². The quantitative estimate of drug-likeness (QED) is 0.382. The molecule has 0 bridgehead atoms. The molecule has 1 aromatic heterocycles. The van der Waals surface area contributed by atoms with Gasteiger partial charge in [-0.1, -0.05) is 35.6 Å². The first-order chi connectivity index (χ1) is 16.6. The first kappa shape index (κ1) is 28.5. The van der Waals surface area contributed by atoms with Crippen molar-refractivity contribution >= 4 is 41.3 Å². The number of likely N-dealkylation sites (N-methyl/N-ethyl adjacent to an activating group) is 1. The van der Waals surface area contributed by atoms with Crippen molar-refractivity contribution < 1.29 is 22.7 Å². The summed E-state index contributed by atoms with van der Waals surface area (Å²) in [5.74, 6) is -0.935. The minimum Gasteiger partial charge on any atom is -0.478 e. The van der Waals surface area contributed by atoms with Crippen LogP contribution in [0.4, 0.5) is 24.5 Å². The highest BCUT2D eigenvalue weighted by Crippen LogP contribution is 2.34. The van der Waals surface area contributed by atoms with Crippen LogP contribution in [0, 0.1) is 0 Å². The number of benzene rings is 1. The number of halogens is 4. The second kappa shape index (κ2) is 11.1. The molecular weight excluding hydrogens is 553 g/mol. The van der Waals surface area contributed by atoms with Crippen LogP contribution >= 0.6 is 15.9 Å². The second-order valence-electron chi connectivity index (χ2n) is 10.6. The number of nitrogens with one attached hydrogen (secondary N) is 1. The predicted octanol–water partition coefficient (Wildman–Crippen LogP) is 6.36. The Kier molecular flexibility index (Phi) is 8.77. The fourth-order valence-corrected chi connectivity index (χ4v) is 5.07. The van der Waals surface area contributed by atoms with Gasteiger partial charge in [0.15, 0.2) is 0 Å². The van der Waals surface area contributed by atoms with Gasteiger partial charge in [0.05, 0.1) is 23.5 Å². The number of ether oxygens (including phenoxy) is 1. The molecule has 11 heteroatoms. The minimum atomic E-state index is -4.64. The fraction of sp³-hybridized carbons (Fsp3) is 0.520. The van der Waals surface area contributed by atoms with E-state index in [2.05, 4.69) is 76.6 Å². The summed E-state index contributed by atoms with van der Waals surface area (Å²) < 4.78 is 47.1. The maximum Gasteiger partial charge on any atom is 0.416 e. The molecule has 1 aliphatic rings. The highest BCUT2D eigenvalue weighted by Gasteiger charge is 2.33. The number of aromatic nitrogens is 1. The maximum atomic E-state index is 13.6. The van der Waals surface area contributed by atoms with Crippen LogP contribution in [-0.2, 0) is 6.18 Å². The third kappa shape index (κ3) is 7.45. The Morgan fingerprint density at radius 2 is 1.81 bits per heavy atom. The van der Waals surface area contributed by atoms with Crippen LogP contribution < -0.4 is 15.0 Å². The average molecular weight is 588 g/mol. The molecule has 0 radical (unpaired) electrons. The molecule has 0 unspecified atom stereocenters. The average Bonchev–Trinajstić information content (AvgIpc) is 2.75. The normalized spacial score (nSPS) is 19.3. The van der Waals surface area contributed by atoms with E-state index in [1.807, 2.05) is 12.1 Å². The van der Waals surface area contributed by atoms with Gasteiger partial charge in [-0.25, -0.2) is 4.98 Å². The van der Waals surface area contributed by atoms with Gasteiger partial charge in [0.2, 0.25) is 5.88 Å². The van der Waals surface area contributed by atoms with Crippen LogP contribution in [-0.4, -0.2) is 62.7 Å². The van der Waals surface area contributed by atoms with Crippen molar-refractivity contribution in [3.8, 4) is 5.88 Å². The zero-order valence-corrected chi connectivity index (χ0v) is 24.1. The Hall–Kier alpha value is -2.11. The third-order valence-corrected chi connectivity index (χ3v) is 8.57. The highest BCUT2D eigenvalue weighted by atomic mass is 79.9. The van der Waals surface area contributed by atoms with Crippen LogP contribution in [0.15, 0.2) is 34.8 Å². The lowest BCUT2D eigenvalue weighted by molar-refractivity contribution is -0.137. The molecule has 1 amide bonds. The number of hydrogen-bond acceptors (Lipinski definition) is 5. The van der Waals surface area contributed by atoms with Crippen LogP contribution in [0.3, 0.4) is 0 Å². The van der Waals surface area contributed by atoms with Crippen molar-refractivity contribution in [2.75, 3.05) is 37.0 Å². The Morgan fingerprint density at radius 1 is 1.17 bits per heavy atom. The lowest BCUT2D eigenvalue weighted by Crippen LogP contribution is -2.55. The largest absolute Gasteiger partial charge is 0.478 e. The third-order valence-electron chi connectivity index (χ3n) is 6.37. The van der Waals surface area contributed by atoms with Gasteiger partial charge in [-0.15, -0.1) is 0 Å². The topological polar surface area (TPSA) is 57.7 Å². The summed E-state index contributed by atoms with van der Waals surface area (Å²) in [6.45, 7) is 12.5. The van der Waals surface area contributed by atoms with Gasteiger partial charge < -0.3 is 15.0 Å². The second-order valence-corrected chi connectivity index (χ2v) is 17.2. The van der Waals surface area contributed by atoms with Crippen LogP contribution in [0.25, 0.3) is 0 Å². The Balaban J connectivity index is 1.89. The van der Waals surface area contributed by atoms with Gasteiger partial charge in [0.25, 0.3) is 5.91 Å². The molecule has 0 saturated carbocycles. The molecule has 1 aliphatic heterocycles. The molecule has 0 spiro atoms. The summed E-state index contributed by atoms with van der Waals surface area (Å²) in [7, 11) is 0.626. The van der Waals surface area contributed by atoms with Gasteiger partial charge in [-0.3, -0.25) is 9.69 Å². The number of anilines is 2. The van der Waals surface area contributed by atoms with E-state index in [1.54, 1.807) is 6.07 Å². The SMILES string of the molecule is C[C@@H]1CN(c2ccc(Br)cc2NC(=O)c2cc(C(F)(F)F)cc(OCC[Si](C)(C)C)n2)C[C@H](C)N1C. The lowest BCUT2D eigenvalue weighted by atomic mass is 10.1. The van der Waals surface area contributed by atoms with Crippen molar-refractivity contribution in [3.63, 3.8) is 0 Å². The monoisotopic (exact) mass is 586 g/mol. The fourth-order valence-electron chi connectivity index (χ4n) is 3.99. The van der Waals surface area contributed by atoms with Crippen LogP contribution in [0.5, 0.6) is 5.88 Å². The number of amides is 1. The van der Waals surface area contributed by atoms with E-state index in [4.69, 9.17) is 4.74 Å². The molecule has 198 valence electrons. The van der Waals surface area contributed by atoms with Gasteiger partial charge >= 0.3 is 6.18 Å². The molecule has 1 fully saturated rings. The predicted molar refractivity (Wildman–Crippen MR) is 144 cm³/mol. The van der Waals surface area contributed by atoms with Gasteiger partial charge in [-0.05, 0) is 51.2 Å². The van der Waals surface area contributed by atoms with Crippen LogP contribution in [0.2, 0.25) is 25.7 Å². The molecule has 1 saturated heterocycles. The summed E-state index contributed by atoms with van der Waals surface area (Å²) in [6.07, 6.45) is -4.64. The molecule has 2 aromatic rings. The maximum absolute atomic E-state index is 13.6. The number of rotatable bonds is 7. The van der Waals surface area contributed by atoms with E-state index in [1.165, 1.54) is 0 Å². The summed E-state index contributed by atoms with van der Waals surface area (Å²) in [6, 6.07) is 8.48. The lowest BCUT2D eigenvalue weighted by Gasteiger charge is -2.44. The number of alkyl halides is 3. The number of nitrogens with zero attached hydrogens (tertiary/aromatic N) is 3. The summed E-state index contributed by atoms with van der Waals surface area (Å²) in [5.41, 5.74) is -0.0172. The van der Waals surface area contributed by atoms with Crippen molar-refractivity contribution in [2.24, 2.45) is 0 Å². The molecule has 2 atom stereocenters. The zero-order chi connectivity index (χ0) is 26.8. The van der Waals surface area contributed by atoms with Crippen molar-refractivity contribution in [3.05, 3.63) is 46.1 Å². The number of piperazine rings is 1. The number of carbonyl (C=O) groups is 1. The Labute approximate surface area is 220 Å². The Bertz CT molecular complexity index is 1080. The molecule has 2 heterocycles. The summed E-state index contributed by atoms with van der Waals surface area (Å²) in [4.78, 5) is 21.8. The highest BCUT2D eigenvalue weighted by molar-refractivity contribution is 9.10. The van der Waals surface area contributed by atoms with E-state index < -0.39 is 25.7 Å². The molecule has 3 rings (SSSR count). The molecular formula is C25H34BrF3N4O2Si. The van der Waals surface area contributed by atoms with E-state index in [9.17, 15) is 18.0 Å². The van der Waals surface area contributed by atoms with Crippen molar-refractivity contribution in [1.82, 2.24) is 9.88 Å². The number of carbonyl (C=O) groups excluding carboxylic acids is 1. The smallest absolute Gasteiger partial charge is 0.416 e. The molecule has 6 nitrogen and oxygen atoms in total.